The molecule has 0 bridgehead atoms. The Morgan fingerprint density at radius 2 is 2.44 bits per heavy atom. The fraction of sp³-hybridized carbons (Fsp3) is 0.538. The molecule has 5 heteroatoms. The van der Waals surface area contributed by atoms with E-state index >= 15 is 0 Å². The Bertz CT molecular complexity index is 610. The minimum Gasteiger partial charge on any atom is -0.376 e. The standard InChI is InChI=1S/C13H17N3OS/c1-9-5-6-14-12-11(9)15-13(18)16(12)8-10-4-2-3-7-17-10/h5-6,10H,2-4,7-8H2,1H3,(H,15,18). The summed E-state index contributed by atoms with van der Waals surface area (Å²) >= 11 is 5.39. The molecule has 0 spiro atoms. The predicted octanol–water partition coefficient (Wildman–Crippen LogP) is 2.97. The molecular formula is C13H17N3OS. The average Bonchev–Trinajstić information content (AvgIpc) is 2.70. The first-order valence-electron chi connectivity index (χ1n) is 6.41. The van der Waals surface area contributed by atoms with E-state index in [2.05, 4.69) is 21.5 Å². The molecule has 1 aliphatic rings. The number of aromatic nitrogens is 3. The number of nitrogens with one attached hydrogen (secondary N) is 1. The summed E-state index contributed by atoms with van der Waals surface area (Å²) in [4.78, 5) is 7.68. The zero-order valence-corrected chi connectivity index (χ0v) is 11.3. The smallest absolute Gasteiger partial charge is 0.179 e. The third-order valence-corrected chi connectivity index (χ3v) is 3.85. The number of pyridine rings is 1. The highest BCUT2D eigenvalue weighted by atomic mass is 32.1. The molecule has 0 aliphatic carbocycles. The minimum absolute atomic E-state index is 0.270. The molecule has 4 nitrogen and oxygen atoms in total. The fourth-order valence-electron chi connectivity index (χ4n) is 2.50. The first-order chi connectivity index (χ1) is 8.75. The first-order valence-corrected chi connectivity index (χ1v) is 6.82. The molecule has 1 saturated heterocycles. The Labute approximate surface area is 111 Å². The van der Waals surface area contributed by atoms with Crippen molar-refractivity contribution in [3.05, 3.63) is 22.6 Å². The molecule has 0 radical (unpaired) electrons. The fourth-order valence-corrected chi connectivity index (χ4v) is 2.76. The summed E-state index contributed by atoms with van der Waals surface area (Å²) in [6, 6.07) is 2.00. The monoisotopic (exact) mass is 263 g/mol. The van der Waals surface area contributed by atoms with Gasteiger partial charge in [-0.2, -0.15) is 0 Å². The first kappa shape index (κ1) is 11.9. The third-order valence-electron chi connectivity index (χ3n) is 3.53. The van der Waals surface area contributed by atoms with Crippen molar-refractivity contribution in [2.45, 2.75) is 38.8 Å². The Morgan fingerprint density at radius 1 is 1.56 bits per heavy atom. The van der Waals surface area contributed by atoms with Crippen LogP contribution in [0, 0.1) is 11.7 Å². The quantitative estimate of drug-likeness (QED) is 0.847. The van der Waals surface area contributed by atoms with Gasteiger partial charge in [-0.1, -0.05) is 0 Å². The van der Waals surface area contributed by atoms with Crippen LogP contribution >= 0.6 is 12.2 Å². The van der Waals surface area contributed by atoms with Crippen LogP contribution in [0.25, 0.3) is 11.2 Å². The molecule has 1 atom stereocenters. The second-order valence-corrected chi connectivity index (χ2v) is 5.24. The number of H-pyrrole nitrogens is 1. The second kappa shape index (κ2) is 4.82. The van der Waals surface area contributed by atoms with E-state index < -0.39 is 0 Å². The highest BCUT2D eigenvalue weighted by Gasteiger charge is 2.17. The predicted molar refractivity (Wildman–Crippen MR) is 73.2 cm³/mol. The Kier molecular flexibility index (Phi) is 3.18. The van der Waals surface area contributed by atoms with Gasteiger partial charge in [-0.05, 0) is 50.0 Å². The summed E-state index contributed by atoms with van der Waals surface area (Å²) in [5.41, 5.74) is 3.15. The minimum atomic E-state index is 0.270. The Morgan fingerprint density at radius 3 is 3.22 bits per heavy atom. The van der Waals surface area contributed by atoms with E-state index in [-0.39, 0.29) is 6.10 Å². The molecule has 3 heterocycles. The summed E-state index contributed by atoms with van der Waals surface area (Å²) in [6.45, 7) is 3.73. The van der Waals surface area contributed by atoms with Crippen molar-refractivity contribution < 1.29 is 4.74 Å². The SMILES string of the molecule is Cc1ccnc2c1[nH]c(=S)n2CC1CCCCO1. The van der Waals surface area contributed by atoms with Crippen LogP contribution in [0.3, 0.4) is 0 Å². The Balaban J connectivity index is 1.98. The highest BCUT2D eigenvalue weighted by molar-refractivity contribution is 7.71. The second-order valence-electron chi connectivity index (χ2n) is 4.86. The maximum Gasteiger partial charge on any atom is 0.179 e. The number of rotatable bonds is 2. The summed E-state index contributed by atoms with van der Waals surface area (Å²) < 4.78 is 8.58. The molecule has 18 heavy (non-hydrogen) atoms. The lowest BCUT2D eigenvalue weighted by Gasteiger charge is -2.22. The summed E-state index contributed by atoms with van der Waals surface area (Å²) in [5, 5.41) is 0. The van der Waals surface area contributed by atoms with E-state index in [0.29, 0.717) is 0 Å². The molecule has 0 saturated carbocycles. The normalized spacial score (nSPS) is 20.4. The van der Waals surface area contributed by atoms with Gasteiger partial charge < -0.3 is 9.72 Å². The van der Waals surface area contributed by atoms with Gasteiger partial charge in [0.05, 0.1) is 18.2 Å². The molecular weight excluding hydrogens is 246 g/mol. The van der Waals surface area contributed by atoms with Gasteiger partial charge in [0.1, 0.15) is 0 Å². The number of nitrogens with zero attached hydrogens (tertiary/aromatic N) is 2. The van der Waals surface area contributed by atoms with E-state index in [4.69, 9.17) is 17.0 Å². The van der Waals surface area contributed by atoms with Gasteiger partial charge in [-0.15, -0.1) is 0 Å². The topological polar surface area (TPSA) is 42.8 Å². The van der Waals surface area contributed by atoms with Crippen molar-refractivity contribution in [2.75, 3.05) is 6.61 Å². The van der Waals surface area contributed by atoms with Crippen molar-refractivity contribution in [3.63, 3.8) is 0 Å². The van der Waals surface area contributed by atoms with Gasteiger partial charge in [-0.25, -0.2) is 4.98 Å². The zero-order chi connectivity index (χ0) is 12.5. The zero-order valence-electron chi connectivity index (χ0n) is 10.5. The summed E-state index contributed by atoms with van der Waals surface area (Å²) in [5.74, 6) is 0. The molecule has 3 rings (SSSR count). The van der Waals surface area contributed by atoms with Crippen molar-refractivity contribution in [3.8, 4) is 0 Å². The summed E-state index contributed by atoms with van der Waals surface area (Å²) in [6.07, 6.45) is 5.63. The van der Waals surface area contributed by atoms with Crippen molar-refractivity contribution in [1.82, 2.24) is 14.5 Å². The van der Waals surface area contributed by atoms with Gasteiger partial charge in [0.15, 0.2) is 10.4 Å². The number of ether oxygens (including phenoxy) is 1. The van der Waals surface area contributed by atoms with E-state index in [9.17, 15) is 0 Å². The van der Waals surface area contributed by atoms with Crippen LogP contribution in [0.4, 0.5) is 0 Å². The van der Waals surface area contributed by atoms with E-state index in [1.807, 2.05) is 12.3 Å². The number of fused-ring (bicyclic) bond motifs is 1. The third kappa shape index (κ3) is 2.08. The van der Waals surface area contributed by atoms with Crippen molar-refractivity contribution >= 4 is 23.4 Å². The van der Waals surface area contributed by atoms with Crippen LogP contribution in [-0.4, -0.2) is 27.2 Å². The average molecular weight is 263 g/mol. The largest absolute Gasteiger partial charge is 0.376 e. The van der Waals surface area contributed by atoms with E-state index in [1.165, 1.54) is 18.4 Å². The number of hydrogen-bond acceptors (Lipinski definition) is 3. The Hall–Kier alpha value is -1.20. The van der Waals surface area contributed by atoms with E-state index in [1.54, 1.807) is 0 Å². The molecule has 2 aromatic rings. The van der Waals surface area contributed by atoms with Crippen LogP contribution in [-0.2, 0) is 11.3 Å². The molecule has 1 N–H and O–H groups in total. The van der Waals surface area contributed by atoms with Gasteiger partial charge in [0.2, 0.25) is 0 Å². The van der Waals surface area contributed by atoms with Gasteiger partial charge in [0, 0.05) is 12.8 Å². The number of imidazole rings is 1. The van der Waals surface area contributed by atoms with Crippen LogP contribution in [0.15, 0.2) is 12.3 Å². The lowest BCUT2D eigenvalue weighted by atomic mass is 10.1. The van der Waals surface area contributed by atoms with Gasteiger partial charge in [0.25, 0.3) is 0 Å². The van der Waals surface area contributed by atoms with Crippen LogP contribution in [0.1, 0.15) is 24.8 Å². The molecule has 96 valence electrons. The van der Waals surface area contributed by atoms with Crippen LogP contribution in [0.2, 0.25) is 0 Å². The maximum atomic E-state index is 5.78. The molecule has 2 aromatic heterocycles. The lowest BCUT2D eigenvalue weighted by molar-refractivity contribution is 0.00633. The van der Waals surface area contributed by atoms with Gasteiger partial charge in [-0.3, -0.25) is 4.57 Å². The molecule has 1 fully saturated rings. The number of aromatic amines is 1. The molecule has 1 aliphatic heterocycles. The van der Waals surface area contributed by atoms with Crippen molar-refractivity contribution in [1.29, 1.82) is 0 Å². The molecule has 0 aromatic carbocycles. The highest BCUT2D eigenvalue weighted by Crippen LogP contribution is 2.19. The van der Waals surface area contributed by atoms with Crippen LogP contribution < -0.4 is 0 Å². The maximum absolute atomic E-state index is 5.78. The molecule has 1 unspecified atom stereocenters. The number of hydrogen-bond donors (Lipinski definition) is 1. The van der Waals surface area contributed by atoms with Gasteiger partial charge >= 0.3 is 0 Å². The van der Waals surface area contributed by atoms with Crippen LogP contribution in [0.5, 0.6) is 0 Å². The lowest BCUT2D eigenvalue weighted by Crippen LogP contribution is -2.24. The summed E-state index contributed by atoms with van der Waals surface area (Å²) in [7, 11) is 0. The molecule has 0 amide bonds. The van der Waals surface area contributed by atoms with E-state index in [0.717, 1.165) is 35.5 Å². The number of aryl methyl sites for hydroxylation is 1. The van der Waals surface area contributed by atoms with Crippen molar-refractivity contribution in [2.24, 2.45) is 0 Å².